The Morgan fingerprint density at radius 2 is 2.12 bits per heavy atom. The lowest BCUT2D eigenvalue weighted by Crippen LogP contribution is -2.25. The summed E-state index contributed by atoms with van der Waals surface area (Å²) in [6.07, 6.45) is 1.20. The van der Waals surface area contributed by atoms with Crippen molar-refractivity contribution in [2.24, 2.45) is 5.92 Å². The third-order valence-electron chi connectivity index (χ3n) is 3.31. The van der Waals surface area contributed by atoms with Gasteiger partial charge in [-0.2, -0.15) is 0 Å². The zero-order valence-electron chi connectivity index (χ0n) is 10.2. The maximum atomic E-state index is 5.37. The van der Waals surface area contributed by atoms with Crippen molar-refractivity contribution in [2.45, 2.75) is 26.3 Å². The minimum Gasteiger partial charge on any atom is -0.381 e. The molecule has 0 radical (unpaired) electrons. The molecule has 1 N–H and O–H groups in total. The minimum absolute atomic E-state index is 0.432. The molecule has 1 heterocycles. The maximum Gasteiger partial charge on any atom is 0.0507 e. The normalized spacial score (nSPS) is 22.2. The van der Waals surface area contributed by atoms with Crippen molar-refractivity contribution in [1.29, 1.82) is 0 Å². The highest BCUT2D eigenvalue weighted by Gasteiger charge is 2.16. The van der Waals surface area contributed by atoms with Crippen LogP contribution in [0.15, 0.2) is 24.3 Å². The predicted octanol–water partition coefficient (Wildman–Crippen LogP) is 2.68. The zero-order chi connectivity index (χ0) is 11.4. The van der Waals surface area contributed by atoms with Crippen LogP contribution in [0.3, 0.4) is 0 Å². The molecule has 1 aliphatic heterocycles. The Labute approximate surface area is 98.0 Å². The molecule has 0 spiro atoms. The SMILES string of the molecule is Cc1ccc([C@H](C)NCC2CCOC2)cc1. The van der Waals surface area contributed by atoms with Gasteiger partial charge in [0, 0.05) is 19.2 Å². The molecule has 1 aromatic rings. The molecule has 1 saturated heterocycles. The quantitative estimate of drug-likeness (QED) is 0.840. The van der Waals surface area contributed by atoms with Gasteiger partial charge in [0.1, 0.15) is 0 Å². The molecule has 2 atom stereocenters. The Kier molecular flexibility index (Phi) is 3.97. The molecule has 0 aliphatic carbocycles. The van der Waals surface area contributed by atoms with Crippen LogP contribution < -0.4 is 5.32 Å². The Bertz CT molecular complexity index is 314. The molecular weight excluding hydrogens is 198 g/mol. The standard InChI is InChI=1S/C14H21NO/c1-11-3-5-14(6-4-11)12(2)15-9-13-7-8-16-10-13/h3-6,12-13,15H,7-10H2,1-2H3/t12-,13?/m0/s1. The summed E-state index contributed by atoms with van der Waals surface area (Å²) in [5, 5.41) is 3.58. The third kappa shape index (κ3) is 3.06. The summed E-state index contributed by atoms with van der Waals surface area (Å²) in [7, 11) is 0. The monoisotopic (exact) mass is 219 g/mol. The van der Waals surface area contributed by atoms with Crippen LogP contribution >= 0.6 is 0 Å². The van der Waals surface area contributed by atoms with E-state index in [9.17, 15) is 0 Å². The molecule has 0 aromatic heterocycles. The molecule has 2 nitrogen and oxygen atoms in total. The summed E-state index contributed by atoms with van der Waals surface area (Å²) in [4.78, 5) is 0. The summed E-state index contributed by atoms with van der Waals surface area (Å²) in [5.74, 6) is 0.702. The Morgan fingerprint density at radius 1 is 1.38 bits per heavy atom. The summed E-state index contributed by atoms with van der Waals surface area (Å²) in [6.45, 7) is 7.27. The van der Waals surface area contributed by atoms with Crippen molar-refractivity contribution in [3.63, 3.8) is 0 Å². The first-order valence-corrected chi connectivity index (χ1v) is 6.13. The average molecular weight is 219 g/mol. The molecule has 2 heteroatoms. The van der Waals surface area contributed by atoms with E-state index >= 15 is 0 Å². The maximum absolute atomic E-state index is 5.37. The van der Waals surface area contributed by atoms with Crippen LogP contribution in [0.1, 0.15) is 30.5 Å². The number of hydrogen-bond acceptors (Lipinski definition) is 2. The molecule has 1 aromatic carbocycles. The minimum atomic E-state index is 0.432. The van der Waals surface area contributed by atoms with Crippen LogP contribution in [-0.4, -0.2) is 19.8 Å². The second-order valence-electron chi connectivity index (χ2n) is 4.77. The Hall–Kier alpha value is -0.860. The highest BCUT2D eigenvalue weighted by molar-refractivity contribution is 5.23. The fraction of sp³-hybridized carbons (Fsp3) is 0.571. The van der Waals surface area contributed by atoms with E-state index in [1.807, 2.05) is 0 Å². The van der Waals surface area contributed by atoms with Crippen molar-refractivity contribution >= 4 is 0 Å². The number of nitrogens with one attached hydrogen (secondary N) is 1. The topological polar surface area (TPSA) is 21.3 Å². The van der Waals surface area contributed by atoms with Crippen LogP contribution in [0, 0.1) is 12.8 Å². The lowest BCUT2D eigenvalue weighted by atomic mass is 10.0. The second-order valence-corrected chi connectivity index (χ2v) is 4.77. The molecule has 88 valence electrons. The lowest BCUT2D eigenvalue weighted by Gasteiger charge is -2.16. The van der Waals surface area contributed by atoms with Gasteiger partial charge in [-0.15, -0.1) is 0 Å². The molecule has 1 unspecified atom stereocenters. The van der Waals surface area contributed by atoms with Gasteiger partial charge in [-0.1, -0.05) is 29.8 Å². The largest absolute Gasteiger partial charge is 0.381 e. The third-order valence-corrected chi connectivity index (χ3v) is 3.31. The highest BCUT2D eigenvalue weighted by atomic mass is 16.5. The van der Waals surface area contributed by atoms with Crippen LogP contribution in [0.4, 0.5) is 0 Å². The van der Waals surface area contributed by atoms with Crippen molar-refractivity contribution in [2.75, 3.05) is 19.8 Å². The van der Waals surface area contributed by atoms with Gasteiger partial charge in [-0.3, -0.25) is 0 Å². The average Bonchev–Trinajstić information content (AvgIpc) is 2.80. The van der Waals surface area contributed by atoms with Gasteiger partial charge in [0.2, 0.25) is 0 Å². The second kappa shape index (κ2) is 5.46. The molecule has 16 heavy (non-hydrogen) atoms. The van der Waals surface area contributed by atoms with Crippen LogP contribution in [0.25, 0.3) is 0 Å². The summed E-state index contributed by atoms with van der Waals surface area (Å²) >= 11 is 0. The highest BCUT2D eigenvalue weighted by Crippen LogP contribution is 2.16. The van der Waals surface area contributed by atoms with Crippen LogP contribution in [0.2, 0.25) is 0 Å². The van der Waals surface area contributed by atoms with E-state index in [4.69, 9.17) is 4.74 Å². The Balaban J connectivity index is 1.82. The van der Waals surface area contributed by atoms with Gasteiger partial charge in [0.15, 0.2) is 0 Å². The molecular formula is C14H21NO. The molecule has 0 saturated carbocycles. The van der Waals surface area contributed by atoms with Crippen LogP contribution in [0.5, 0.6) is 0 Å². The number of hydrogen-bond donors (Lipinski definition) is 1. The fourth-order valence-corrected chi connectivity index (χ4v) is 2.06. The van der Waals surface area contributed by atoms with Gasteiger partial charge in [0.05, 0.1) is 6.61 Å². The molecule has 0 amide bonds. The molecule has 0 bridgehead atoms. The van der Waals surface area contributed by atoms with Gasteiger partial charge in [-0.25, -0.2) is 0 Å². The summed E-state index contributed by atoms with van der Waals surface area (Å²) in [6, 6.07) is 9.19. The van der Waals surface area contributed by atoms with Crippen molar-refractivity contribution in [3.05, 3.63) is 35.4 Å². The van der Waals surface area contributed by atoms with Crippen molar-refractivity contribution in [3.8, 4) is 0 Å². The molecule has 2 rings (SSSR count). The van der Waals surface area contributed by atoms with E-state index in [2.05, 4.69) is 43.4 Å². The zero-order valence-corrected chi connectivity index (χ0v) is 10.2. The van der Waals surface area contributed by atoms with E-state index in [1.165, 1.54) is 17.5 Å². The van der Waals surface area contributed by atoms with E-state index in [1.54, 1.807) is 0 Å². The van der Waals surface area contributed by atoms with Crippen molar-refractivity contribution < 1.29 is 4.74 Å². The van der Waals surface area contributed by atoms with Gasteiger partial charge in [-0.05, 0) is 31.7 Å². The first kappa shape index (κ1) is 11.6. The Morgan fingerprint density at radius 3 is 2.75 bits per heavy atom. The predicted molar refractivity (Wildman–Crippen MR) is 66.5 cm³/mol. The van der Waals surface area contributed by atoms with E-state index in [-0.39, 0.29) is 0 Å². The first-order chi connectivity index (χ1) is 7.75. The molecule has 1 fully saturated rings. The van der Waals surface area contributed by atoms with Gasteiger partial charge >= 0.3 is 0 Å². The van der Waals surface area contributed by atoms with Gasteiger partial charge < -0.3 is 10.1 Å². The van der Waals surface area contributed by atoms with E-state index in [0.29, 0.717) is 12.0 Å². The number of rotatable bonds is 4. The summed E-state index contributed by atoms with van der Waals surface area (Å²) < 4.78 is 5.37. The summed E-state index contributed by atoms with van der Waals surface area (Å²) in [5.41, 5.74) is 2.68. The first-order valence-electron chi connectivity index (χ1n) is 6.13. The fourth-order valence-electron chi connectivity index (χ4n) is 2.06. The van der Waals surface area contributed by atoms with Crippen LogP contribution in [-0.2, 0) is 4.74 Å². The van der Waals surface area contributed by atoms with Gasteiger partial charge in [0.25, 0.3) is 0 Å². The van der Waals surface area contributed by atoms with E-state index in [0.717, 1.165) is 19.8 Å². The molecule has 1 aliphatic rings. The lowest BCUT2D eigenvalue weighted by molar-refractivity contribution is 0.184. The van der Waals surface area contributed by atoms with Crippen molar-refractivity contribution in [1.82, 2.24) is 5.32 Å². The van der Waals surface area contributed by atoms with E-state index < -0.39 is 0 Å². The number of benzene rings is 1. The number of ether oxygens (including phenoxy) is 1. The number of aryl methyl sites for hydroxylation is 1. The smallest absolute Gasteiger partial charge is 0.0507 e.